The molecule has 0 fully saturated rings. The van der Waals surface area contributed by atoms with Crippen LogP contribution < -0.4 is 16.4 Å². The van der Waals surface area contributed by atoms with Gasteiger partial charge in [-0.15, -0.1) is 0 Å². The summed E-state index contributed by atoms with van der Waals surface area (Å²) in [5, 5.41) is 4.63. The third-order valence-corrected chi connectivity index (χ3v) is 2.44. The van der Waals surface area contributed by atoms with Crippen LogP contribution >= 0.6 is 0 Å². The van der Waals surface area contributed by atoms with E-state index in [4.69, 9.17) is 5.84 Å². The molecule has 0 aliphatic carbocycles. The van der Waals surface area contributed by atoms with Gasteiger partial charge in [0.1, 0.15) is 4.90 Å². The minimum absolute atomic E-state index is 0.352. The van der Waals surface area contributed by atoms with E-state index in [9.17, 15) is 17.2 Å². The van der Waals surface area contributed by atoms with Gasteiger partial charge < -0.3 is 5.43 Å². The van der Waals surface area contributed by atoms with Gasteiger partial charge in [-0.05, 0) is 12.1 Å². The molecule has 5 nitrogen and oxygen atoms in total. The maximum Gasteiger partial charge on any atom is 0.241 e. The van der Waals surface area contributed by atoms with E-state index in [0.29, 0.717) is 0 Å². The lowest BCUT2D eigenvalue weighted by atomic mass is 10.3. The molecule has 0 bridgehead atoms. The Labute approximate surface area is 78.7 Å². The van der Waals surface area contributed by atoms with Crippen molar-refractivity contribution in [3.05, 3.63) is 23.8 Å². The van der Waals surface area contributed by atoms with E-state index in [0.717, 1.165) is 12.1 Å². The number of rotatable bonds is 2. The topological polar surface area (TPSA) is 98.2 Å². The number of sulfonamides is 1. The molecule has 0 unspecified atom stereocenters. The Morgan fingerprint density at radius 2 is 1.79 bits per heavy atom. The van der Waals surface area contributed by atoms with Gasteiger partial charge in [-0.1, -0.05) is 0 Å². The fourth-order valence-electron chi connectivity index (χ4n) is 0.863. The maximum absolute atomic E-state index is 13.0. The van der Waals surface area contributed by atoms with Crippen molar-refractivity contribution in [2.75, 3.05) is 5.43 Å². The third kappa shape index (κ3) is 1.81. The van der Waals surface area contributed by atoms with Crippen molar-refractivity contribution in [1.29, 1.82) is 0 Å². The molecule has 1 rings (SSSR count). The number of hydrogen-bond donors (Lipinski definition) is 3. The number of hydrogen-bond acceptors (Lipinski definition) is 4. The molecule has 1 aromatic rings. The first-order valence-electron chi connectivity index (χ1n) is 3.35. The van der Waals surface area contributed by atoms with Crippen LogP contribution in [-0.2, 0) is 10.0 Å². The lowest BCUT2D eigenvalue weighted by Gasteiger charge is -2.05. The Balaban J connectivity index is 3.47. The minimum atomic E-state index is -4.26. The fourth-order valence-corrected chi connectivity index (χ4v) is 1.46. The maximum atomic E-state index is 13.0. The first kappa shape index (κ1) is 10.8. The van der Waals surface area contributed by atoms with Crippen LogP contribution in [0.1, 0.15) is 0 Å². The summed E-state index contributed by atoms with van der Waals surface area (Å²) in [6, 6.07) is 1.79. The molecular formula is C6H7F2N3O2S. The molecule has 8 heteroatoms. The second kappa shape index (κ2) is 3.48. The monoisotopic (exact) mass is 223 g/mol. The van der Waals surface area contributed by atoms with Gasteiger partial charge in [-0.3, -0.25) is 5.84 Å². The Kier molecular flexibility index (Phi) is 2.69. The van der Waals surface area contributed by atoms with Crippen LogP contribution in [0.25, 0.3) is 0 Å². The predicted octanol–water partition coefficient (Wildman–Crippen LogP) is -0.102. The van der Waals surface area contributed by atoms with E-state index < -0.39 is 26.6 Å². The molecule has 0 heterocycles. The van der Waals surface area contributed by atoms with E-state index in [1.165, 1.54) is 0 Å². The van der Waals surface area contributed by atoms with Crippen molar-refractivity contribution in [2.24, 2.45) is 11.0 Å². The molecule has 0 saturated carbocycles. The predicted molar refractivity (Wildman–Crippen MR) is 45.5 cm³/mol. The molecule has 0 aliphatic rings. The number of benzene rings is 1. The molecule has 0 aliphatic heterocycles. The Bertz CT molecular complexity index is 460. The van der Waals surface area contributed by atoms with E-state index in [-0.39, 0.29) is 5.69 Å². The SMILES string of the molecule is NNc1ccc(S(N)(=O)=O)c(F)c1F. The zero-order valence-electron chi connectivity index (χ0n) is 6.79. The highest BCUT2D eigenvalue weighted by molar-refractivity contribution is 7.89. The van der Waals surface area contributed by atoms with Crippen molar-refractivity contribution in [3.63, 3.8) is 0 Å². The zero-order chi connectivity index (χ0) is 10.9. The second-order valence-corrected chi connectivity index (χ2v) is 3.96. The molecule has 0 atom stereocenters. The van der Waals surface area contributed by atoms with E-state index >= 15 is 0 Å². The third-order valence-electron chi connectivity index (χ3n) is 1.51. The van der Waals surface area contributed by atoms with Gasteiger partial charge in [-0.2, -0.15) is 0 Å². The number of halogens is 2. The van der Waals surface area contributed by atoms with Crippen molar-refractivity contribution < 1.29 is 17.2 Å². The fraction of sp³-hybridized carbons (Fsp3) is 0. The van der Waals surface area contributed by atoms with E-state index in [1.807, 2.05) is 5.43 Å². The smallest absolute Gasteiger partial charge is 0.241 e. The summed E-state index contributed by atoms with van der Waals surface area (Å²) in [5.74, 6) is 1.90. The molecule has 5 N–H and O–H groups in total. The number of nitrogens with one attached hydrogen (secondary N) is 1. The van der Waals surface area contributed by atoms with Crippen LogP contribution in [0.2, 0.25) is 0 Å². The van der Waals surface area contributed by atoms with Crippen LogP contribution in [0.3, 0.4) is 0 Å². The van der Waals surface area contributed by atoms with Crippen LogP contribution in [0.4, 0.5) is 14.5 Å². The summed E-state index contributed by atoms with van der Waals surface area (Å²) >= 11 is 0. The van der Waals surface area contributed by atoms with Gasteiger partial charge in [0.2, 0.25) is 10.0 Å². The van der Waals surface area contributed by atoms with E-state index in [2.05, 4.69) is 5.14 Å². The molecule has 1 aromatic carbocycles. The number of primary sulfonamides is 1. The summed E-state index contributed by atoms with van der Waals surface area (Å²) < 4.78 is 47.4. The second-order valence-electron chi connectivity index (χ2n) is 2.43. The highest BCUT2D eigenvalue weighted by Gasteiger charge is 2.19. The zero-order valence-corrected chi connectivity index (χ0v) is 7.61. The van der Waals surface area contributed by atoms with Gasteiger partial charge in [0.25, 0.3) is 0 Å². The Morgan fingerprint density at radius 3 is 2.21 bits per heavy atom. The summed E-state index contributed by atoms with van der Waals surface area (Å²) in [5.41, 5.74) is 1.51. The molecule has 78 valence electrons. The molecule has 0 spiro atoms. The Hall–Kier alpha value is -1.25. The summed E-state index contributed by atoms with van der Waals surface area (Å²) in [6.07, 6.45) is 0. The minimum Gasteiger partial charge on any atom is -0.321 e. The van der Waals surface area contributed by atoms with Gasteiger partial charge in [0.15, 0.2) is 11.6 Å². The number of hydrazine groups is 1. The number of nitrogen functional groups attached to an aromatic ring is 1. The summed E-state index contributed by atoms with van der Waals surface area (Å²) in [6.45, 7) is 0. The molecule has 14 heavy (non-hydrogen) atoms. The standard InChI is InChI=1S/C6H7F2N3O2S/c7-5-3(11-9)1-2-4(6(5)8)14(10,12)13/h1-2,11H,9H2,(H2,10,12,13). The Morgan fingerprint density at radius 1 is 1.21 bits per heavy atom. The molecule has 0 aromatic heterocycles. The van der Waals surface area contributed by atoms with Crippen LogP contribution in [-0.4, -0.2) is 8.42 Å². The summed E-state index contributed by atoms with van der Waals surface area (Å²) in [4.78, 5) is -0.908. The molecule has 0 radical (unpaired) electrons. The van der Waals surface area contributed by atoms with Gasteiger partial charge in [0, 0.05) is 0 Å². The van der Waals surface area contributed by atoms with Crippen LogP contribution in [0, 0.1) is 11.6 Å². The summed E-state index contributed by atoms with van der Waals surface area (Å²) in [7, 11) is -4.26. The normalized spacial score (nSPS) is 11.4. The van der Waals surface area contributed by atoms with Gasteiger partial charge >= 0.3 is 0 Å². The lowest BCUT2D eigenvalue weighted by molar-refractivity contribution is 0.487. The molecule has 0 amide bonds. The van der Waals surface area contributed by atoms with Crippen molar-refractivity contribution in [3.8, 4) is 0 Å². The van der Waals surface area contributed by atoms with Crippen LogP contribution in [0.5, 0.6) is 0 Å². The van der Waals surface area contributed by atoms with Gasteiger partial charge in [0.05, 0.1) is 5.69 Å². The largest absolute Gasteiger partial charge is 0.321 e. The quantitative estimate of drug-likeness (QED) is 0.481. The average molecular weight is 223 g/mol. The highest BCUT2D eigenvalue weighted by atomic mass is 32.2. The highest BCUT2D eigenvalue weighted by Crippen LogP contribution is 2.21. The number of nitrogens with two attached hydrogens (primary N) is 2. The van der Waals surface area contributed by atoms with Crippen molar-refractivity contribution in [1.82, 2.24) is 0 Å². The lowest BCUT2D eigenvalue weighted by Crippen LogP contribution is -2.16. The van der Waals surface area contributed by atoms with Gasteiger partial charge in [-0.25, -0.2) is 22.3 Å². The molecule has 0 saturated heterocycles. The number of anilines is 1. The molecular weight excluding hydrogens is 216 g/mol. The van der Waals surface area contributed by atoms with E-state index in [1.54, 1.807) is 0 Å². The van der Waals surface area contributed by atoms with Crippen molar-refractivity contribution >= 4 is 15.7 Å². The first-order chi connectivity index (χ1) is 6.38. The van der Waals surface area contributed by atoms with Crippen LogP contribution in [0.15, 0.2) is 17.0 Å². The average Bonchev–Trinajstić information content (AvgIpc) is 2.07. The van der Waals surface area contributed by atoms with Crippen molar-refractivity contribution in [2.45, 2.75) is 4.90 Å². The first-order valence-corrected chi connectivity index (χ1v) is 4.90.